The van der Waals surface area contributed by atoms with Crippen LogP contribution in [0.1, 0.15) is 40.5 Å². The molecule has 13 heavy (non-hydrogen) atoms. The van der Waals surface area contributed by atoms with Gasteiger partial charge in [-0.2, -0.15) is 0 Å². The fourth-order valence-electron chi connectivity index (χ4n) is 1.52. The zero-order chi connectivity index (χ0) is 10.3. The molecule has 0 aliphatic carbocycles. The number of carbonyl (C=O) groups is 1. The Labute approximate surface area is 82.3 Å². The average Bonchev–Trinajstić information content (AvgIpc) is 2.05. The minimum Gasteiger partial charge on any atom is -0.303 e. The average molecular weight is 185 g/mol. The Kier molecular flexibility index (Phi) is 5.97. The van der Waals surface area contributed by atoms with Crippen molar-refractivity contribution in [1.29, 1.82) is 0 Å². The molecule has 2 nitrogen and oxygen atoms in total. The molecule has 78 valence electrons. The summed E-state index contributed by atoms with van der Waals surface area (Å²) >= 11 is 0. The zero-order valence-corrected chi connectivity index (χ0v) is 9.47. The molecule has 0 saturated heterocycles. The molecule has 0 amide bonds. The van der Waals surface area contributed by atoms with Crippen LogP contribution in [0.3, 0.4) is 0 Å². The highest BCUT2D eigenvalue weighted by molar-refractivity contribution is 5.58. The first-order valence-corrected chi connectivity index (χ1v) is 5.24. The van der Waals surface area contributed by atoms with Crippen LogP contribution in [0.4, 0.5) is 0 Å². The molecule has 0 unspecified atom stereocenters. The smallest absolute Gasteiger partial charge is 0.126 e. The minimum absolute atomic E-state index is 0.190. The summed E-state index contributed by atoms with van der Waals surface area (Å²) in [6.45, 7) is 11.4. The van der Waals surface area contributed by atoms with E-state index >= 15 is 0 Å². The Bertz CT molecular complexity index is 137. The molecule has 0 N–H and O–H groups in total. The van der Waals surface area contributed by atoms with Crippen LogP contribution in [0, 0.1) is 5.41 Å². The molecule has 0 aromatic heterocycles. The molecule has 0 fully saturated rings. The van der Waals surface area contributed by atoms with E-state index in [0.717, 1.165) is 38.8 Å². The number of hydrogen-bond donors (Lipinski definition) is 0. The molecule has 0 aromatic rings. The van der Waals surface area contributed by atoms with E-state index in [9.17, 15) is 4.79 Å². The molecule has 0 aliphatic heterocycles. The van der Waals surface area contributed by atoms with Crippen molar-refractivity contribution in [3.63, 3.8) is 0 Å². The summed E-state index contributed by atoms with van der Waals surface area (Å²) in [5, 5.41) is 0. The van der Waals surface area contributed by atoms with E-state index in [1.165, 1.54) is 0 Å². The third-order valence-corrected chi connectivity index (χ3v) is 2.03. The summed E-state index contributed by atoms with van der Waals surface area (Å²) in [5.41, 5.74) is -0.190. The van der Waals surface area contributed by atoms with Gasteiger partial charge in [-0.05, 0) is 25.9 Å². The number of nitrogens with zero attached hydrogens (tertiary/aromatic N) is 1. The van der Waals surface area contributed by atoms with Crippen LogP contribution in [0.5, 0.6) is 0 Å². The highest BCUT2D eigenvalue weighted by atomic mass is 16.1. The Hall–Kier alpha value is -0.370. The summed E-state index contributed by atoms with van der Waals surface area (Å²) in [6.07, 6.45) is 3.38. The maximum atomic E-state index is 10.7. The zero-order valence-electron chi connectivity index (χ0n) is 9.47. The van der Waals surface area contributed by atoms with Crippen LogP contribution >= 0.6 is 0 Å². The van der Waals surface area contributed by atoms with Crippen LogP contribution in [0.25, 0.3) is 0 Å². The third kappa shape index (κ3) is 5.81. The van der Waals surface area contributed by atoms with Gasteiger partial charge >= 0.3 is 0 Å². The minimum atomic E-state index is -0.190. The fraction of sp³-hybridized carbons (Fsp3) is 0.909. The lowest BCUT2D eigenvalue weighted by Crippen LogP contribution is -2.36. The Morgan fingerprint density at radius 1 is 1.15 bits per heavy atom. The van der Waals surface area contributed by atoms with E-state index < -0.39 is 0 Å². The first-order valence-electron chi connectivity index (χ1n) is 5.24. The molecule has 0 heterocycles. The molecule has 0 radical (unpaired) electrons. The maximum absolute atomic E-state index is 10.7. The SMILES string of the molecule is CCCN(CCC)CC(C)(C)C=O. The molecule has 0 bridgehead atoms. The van der Waals surface area contributed by atoms with Gasteiger partial charge in [0.2, 0.25) is 0 Å². The van der Waals surface area contributed by atoms with E-state index in [-0.39, 0.29) is 5.41 Å². The molecular weight excluding hydrogens is 162 g/mol. The van der Waals surface area contributed by atoms with Gasteiger partial charge in [-0.25, -0.2) is 0 Å². The monoisotopic (exact) mass is 185 g/mol. The van der Waals surface area contributed by atoms with Gasteiger partial charge in [0.15, 0.2) is 0 Å². The third-order valence-electron chi connectivity index (χ3n) is 2.03. The normalized spacial score (nSPS) is 12.1. The van der Waals surface area contributed by atoms with E-state index in [2.05, 4.69) is 18.7 Å². The lowest BCUT2D eigenvalue weighted by atomic mass is 9.95. The molecule has 0 saturated carbocycles. The van der Waals surface area contributed by atoms with Crippen LogP contribution in [-0.2, 0) is 4.79 Å². The van der Waals surface area contributed by atoms with Gasteiger partial charge < -0.3 is 9.69 Å². The molecule has 0 aromatic carbocycles. The summed E-state index contributed by atoms with van der Waals surface area (Å²) in [4.78, 5) is 13.1. The van der Waals surface area contributed by atoms with Crippen LogP contribution in [-0.4, -0.2) is 30.8 Å². The quantitative estimate of drug-likeness (QED) is 0.567. The Balaban J connectivity index is 3.99. The van der Waals surface area contributed by atoms with Crippen molar-refractivity contribution in [2.75, 3.05) is 19.6 Å². The highest BCUT2D eigenvalue weighted by Crippen LogP contribution is 2.13. The van der Waals surface area contributed by atoms with Crippen molar-refractivity contribution in [3.8, 4) is 0 Å². The van der Waals surface area contributed by atoms with E-state index in [1.54, 1.807) is 0 Å². The summed E-state index contributed by atoms with van der Waals surface area (Å²) in [6, 6.07) is 0. The van der Waals surface area contributed by atoms with E-state index in [4.69, 9.17) is 0 Å². The van der Waals surface area contributed by atoms with Gasteiger partial charge in [-0.1, -0.05) is 27.7 Å². The van der Waals surface area contributed by atoms with Gasteiger partial charge in [-0.3, -0.25) is 0 Å². The van der Waals surface area contributed by atoms with Crippen molar-refractivity contribution < 1.29 is 4.79 Å². The predicted molar refractivity (Wildman–Crippen MR) is 56.9 cm³/mol. The molecule has 0 aliphatic rings. The molecule has 0 spiro atoms. The Morgan fingerprint density at radius 2 is 1.62 bits per heavy atom. The Morgan fingerprint density at radius 3 is 1.92 bits per heavy atom. The van der Waals surface area contributed by atoms with Crippen LogP contribution < -0.4 is 0 Å². The van der Waals surface area contributed by atoms with Gasteiger partial charge in [0.05, 0.1) is 0 Å². The maximum Gasteiger partial charge on any atom is 0.126 e. The van der Waals surface area contributed by atoms with Crippen molar-refractivity contribution in [2.45, 2.75) is 40.5 Å². The van der Waals surface area contributed by atoms with Crippen molar-refractivity contribution in [3.05, 3.63) is 0 Å². The van der Waals surface area contributed by atoms with Crippen molar-refractivity contribution in [1.82, 2.24) is 4.90 Å². The number of rotatable bonds is 7. The van der Waals surface area contributed by atoms with Gasteiger partial charge in [0.1, 0.15) is 6.29 Å². The van der Waals surface area contributed by atoms with Crippen molar-refractivity contribution >= 4 is 6.29 Å². The highest BCUT2D eigenvalue weighted by Gasteiger charge is 2.19. The van der Waals surface area contributed by atoms with Gasteiger partial charge in [0.25, 0.3) is 0 Å². The first-order chi connectivity index (χ1) is 6.05. The first kappa shape index (κ1) is 12.6. The fourth-order valence-corrected chi connectivity index (χ4v) is 1.52. The number of aldehydes is 1. The lowest BCUT2D eigenvalue weighted by molar-refractivity contribution is -0.115. The van der Waals surface area contributed by atoms with Crippen LogP contribution in [0.2, 0.25) is 0 Å². The largest absolute Gasteiger partial charge is 0.303 e. The number of carbonyl (C=O) groups excluding carboxylic acids is 1. The second-order valence-corrected chi connectivity index (χ2v) is 4.38. The number of hydrogen-bond acceptors (Lipinski definition) is 2. The second kappa shape index (κ2) is 6.14. The van der Waals surface area contributed by atoms with Crippen molar-refractivity contribution in [2.24, 2.45) is 5.41 Å². The van der Waals surface area contributed by atoms with Gasteiger partial charge in [0, 0.05) is 12.0 Å². The summed E-state index contributed by atoms with van der Waals surface area (Å²) < 4.78 is 0. The molecule has 0 atom stereocenters. The van der Waals surface area contributed by atoms with E-state index in [0.29, 0.717) is 0 Å². The topological polar surface area (TPSA) is 20.3 Å². The molecule has 2 heteroatoms. The van der Waals surface area contributed by atoms with Gasteiger partial charge in [-0.15, -0.1) is 0 Å². The van der Waals surface area contributed by atoms with E-state index in [1.807, 2.05) is 13.8 Å². The molecular formula is C11H23NO. The summed E-state index contributed by atoms with van der Waals surface area (Å²) in [7, 11) is 0. The lowest BCUT2D eigenvalue weighted by Gasteiger charge is -2.28. The second-order valence-electron chi connectivity index (χ2n) is 4.38. The summed E-state index contributed by atoms with van der Waals surface area (Å²) in [5.74, 6) is 0. The molecule has 0 rings (SSSR count). The standard InChI is InChI=1S/C11H23NO/c1-5-7-12(8-6-2)9-11(3,4)10-13/h10H,5-9H2,1-4H3. The predicted octanol–water partition coefficient (Wildman–Crippen LogP) is 2.33. The van der Waals surface area contributed by atoms with Crippen LogP contribution in [0.15, 0.2) is 0 Å².